The first-order valence-electron chi connectivity index (χ1n) is 5.59. The highest BCUT2D eigenvalue weighted by atomic mass is 19.4. The Labute approximate surface area is 112 Å². The van der Waals surface area contributed by atoms with E-state index >= 15 is 0 Å². The van der Waals surface area contributed by atoms with Crippen LogP contribution >= 0.6 is 0 Å². The van der Waals surface area contributed by atoms with Crippen molar-refractivity contribution in [3.63, 3.8) is 0 Å². The maximum atomic E-state index is 12.8. The van der Waals surface area contributed by atoms with Crippen LogP contribution in [0.25, 0.3) is 0 Å². The van der Waals surface area contributed by atoms with Gasteiger partial charge in [0, 0.05) is 5.56 Å². The second kappa shape index (κ2) is 6.19. The molecule has 0 saturated heterocycles. The van der Waals surface area contributed by atoms with Gasteiger partial charge in [0.2, 0.25) is 0 Å². The van der Waals surface area contributed by atoms with Crippen molar-refractivity contribution in [3.05, 3.63) is 34.4 Å². The molecule has 0 aliphatic heterocycles. The van der Waals surface area contributed by atoms with Crippen LogP contribution in [0.3, 0.4) is 0 Å². The fourth-order valence-corrected chi connectivity index (χ4v) is 1.69. The van der Waals surface area contributed by atoms with Crippen LogP contribution in [0.15, 0.2) is 12.1 Å². The Morgan fingerprint density at radius 3 is 2.55 bits per heavy atom. The molecule has 0 aromatic heterocycles. The summed E-state index contributed by atoms with van der Waals surface area (Å²) in [7, 11) is 0. The zero-order chi connectivity index (χ0) is 15.3. The van der Waals surface area contributed by atoms with Crippen LogP contribution in [0.4, 0.5) is 13.2 Å². The highest BCUT2D eigenvalue weighted by Gasteiger charge is 2.35. The number of nitrogens with zero attached hydrogens (tertiary/aromatic N) is 1. The number of halogens is 3. The van der Waals surface area contributed by atoms with Gasteiger partial charge >= 0.3 is 12.1 Å². The zero-order valence-corrected chi connectivity index (χ0v) is 10.5. The molecule has 0 radical (unpaired) electrons. The van der Waals surface area contributed by atoms with E-state index in [0.717, 1.165) is 6.07 Å². The van der Waals surface area contributed by atoms with Crippen LogP contribution in [0.1, 0.15) is 34.0 Å². The molecule has 7 heteroatoms. The third-order valence-electron chi connectivity index (χ3n) is 2.52. The van der Waals surface area contributed by atoms with Crippen molar-refractivity contribution in [2.45, 2.75) is 19.5 Å². The molecule has 0 saturated carbocycles. The van der Waals surface area contributed by atoms with E-state index in [9.17, 15) is 22.8 Å². The number of rotatable bonds is 4. The van der Waals surface area contributed by atoms with Gasteiger partial charge in [0.1, 0.15) is 12.4 Å². The topological polar surface area (TPSA) is 67.2 Å². The molecule has 0 fully saturated rings. The monoisotopic (exact) mass is 285 g/mol. The predicted octanol–water partition coefficient (Wildman–Crippen LogP) is 2.50. The summed E-state index contributed by atoms with van der Waals surface area (Å²) < 4.78 is 43.0. The maximum Gasteiger partial charge on any atom is 0.417 e. The lowest BCUT2D eigenvalue weighted by atomic mass is 9.94. The second-order valence-electron chi connectivity index (χ2n) is 3.77. The first kappa shape index (κ1) is 15.7. The van der Waals surface area contributed by atoms with E-state index < -0.39 is 29.7 Å². The fourth-order valence-electron chi connectivity index (χ4n) is 1.69. The van der Waals surface area contributed by atoms with Crippen molar-refractivity contribution in [3.8, 4) is 6.07 Å². The molecule has 0 atom stereocenters. The van der Waals surface area contributed by atoms with Crippen LogP contribution in [0.5, 0.6) is 0 Å². The molecule has 1 rings (SSSR count). The van der Waals surface area contributed by atoms with Gasteiger partial charge in [-0.3, -0.25) is 9.59 Å². The Bertz CT molecular complexity index is 573. The first-order valence-corrected chi connectivity index (χ1v) is 5.59. The lowest BCUT2D eigenvalue weighted by Gasteiger charge is -2.13. The van der Waals surface area contributed by atoms with Gasteiger partial charge in [0.05, 0.1) is 24.2 Å². The van der Waals surface area contributed by atoms with E-state index in [0.29, 0.717) is 12.4 Å². The van der Waals surface area contributed by atoms with Crippen LogP contribution in [0.2, 0.25) is 0 Å². The molecule has 1 aromatic carbocycles. The number of carbonyl (C=O) groups excluding carboxylic acids is 2. The Kier molecular flexibility index (Phi) is 4.86. The number of alkyl halides is 3. The second-order valence-corrected chi connectivity index (χ2v) is 3.77. The van der Waals surface area contributed by atoms with Crippen molar-refractivity contribution in [2.75, 3.05) is 6.61 Å². The quantitative estimate of drug-likeness (QED) is 0.629. The van der Waals surface area contributed by atoms with E-state index in [-0.39, 0.29) is 17.7 Å². The number of esters is 1. The van der Waals surface area contributed by atoms with Crippen LogP contribution in [-0.4, -0.2) is 18.9 Å². The van der Waals surface area contributed by atoms with Crippen molar-refractivity contribution in [1.29, 1.82) is 5.26 Å². The summed E-state index contributed by atoms with van der Waals surface area (Å²) in [5, 5.41) is 8.91. The minimum Gasteiger partial charge on any atom is -0.466 e. The number of hydrogen-bond acceptors (Lipinski definition) is 4. The fraction of sp³-hybridized carbons (Fsp3) is 0.308. The summed E-state index contributed by atoms with van der Waals surface area (Å²) in [6.45, 7) is 1.59. The van der Waals surface area contributed by atoms with Gasteiger partial charge in [-0.15, -0.1) is 0 Å². The largest absolute Gasteiger partial charge is 0.466 e. The first-order chi connectivity index (χ1) is 9.35. The molecule has 0 unspecified atom stereocenters. The average Bonchev–Trinajstić information content (AvgIpc) is 2.37. The van der Waals surface area contributed by atoms with E-state index in [1.54, 1.807) is 0 Å². The normalized spacial score (nSPS) is 10.8. The molecule has 0 bridgehead atoms. The number of carbonyl (C=O) groups is 2. The molecule has 0 N–H and O–H groups in total. The minimum atomic E-state index is -4.74. The van der Waals surface area contributed by atoms with Gasteiger partial charge in [0.15, 0.2) is 0 Å². The lowest BCUT2D eigenvalue weighted by Crippen LogP contribution is -2.15. The lowest BCUT2D eigenvalue weighted by molar-refractivity contribution is -0.142. The summed E-state index contributed by atoms with van der Waals surface area (Å²) >= 11 is 0. The zero-order valence-electron chi connectivity index (χ0n) is 10.5. The Morgan fingerprint density at radius 2 is 2.10 bits per heavy atom. The molecule has 1 aromatic rings. The predicted molar refractivity (Wildman–Crippen MR) is 61.9 cm³/mol. The smallest absolute Gasteiger partial charge is 0.417 e. The van der Waals surface area contributed by atoms with Crippen LogP contribution in [-0.2, 0) is 22.1 Å². The molecule has 20 heavy (non-hydrogen) atoms. The molecular weight excluding hydrogens is 275 g/mol. The van der Waals surface area contributed by atoms with Gasteiger partial charge in [-0.2, -0.15) is 18.4 Å². The Morgan fingerprint density at radius 1 is 1.45 bits per heavy atom. The molecule has 0 heterocycles. The third kappa shape index (κ3) is 3.35. The number of benzene rings is 1. The highest BCUT2D eigenvalue weighted by Crippen LogP contribution is 2.34. The molecule has 106 valence electrons. The third-order valence-corrected chi connectivity index (χ3v) is 2.52. The number of hydrogen-bond donors (Lipinski definition) is 0. The summed E-state index contributed by atoms with van der Waals surface area (Å²) in [5.74, 6) is -0.800. The van der Waals surface area contributed by atoms with Crippen molar-refractivity contribution in [1.82, 2.24) is 0 Å². The standard InChI is InChI=1S/C13H10F3NO3/c1-2-20-12(19)5-9-8(7-18)3-4-11(10(9)6-17)13(14,15)16/h3-4,7H,2,5H2,1H3. The van der Waals surface area contributed by atoms with E-state index in [2.05, 4.69) is 4.74 Å². The average molecular weight is 285 g/mol. The van der Waals surface area contributed by atoms with Crippen LogP contribution in [0, 0.1) is 11.3 Å². The molecule has 4 nitrogen and oxygen atoms in total. The summed E-state index contributed by atoms with van der Waals surface area (Å²) in [5.41, 5.74) is -2.31. The highest BCUT2D eigenvalue weighted by molar-refractivity contribution is 5.84. The molecule has 0 spiro atoms. The van der Waals surface area contributed by atoms with E-state index in [1.165, 1.54) is 13.0 Å². The van der Waals surface area contributed by atoms with E-state index in [4.69, 9.17) is 5.26 Å². The molecule has 0 aliphatic carbocycles. The molecule has 0 aliphatic rings. The summed E-state index contributed by atoms with van der Waals surface area (Å²) in [6, 6.07) is 2.99. The van der Waals surface area contributed by atoms with Gasteiger partial charge in [-0.1, -0.05) is 6.07 Å². The van der Waals surface area contributed by atoms with Gasteiger partial charge in [0.25, 0.3) is 0 Å². The molecule has 0 amide bonds. The van der Waals surface area contributed by atoms with E-state index in [1.807, 2.05) is 0 Å². The Hall–Kier alpha value is -2.36. The number of aldehydes is 1. The number of ether oxygens (including phenoxy) is 1. The SMILES string of the molecule is CCOC(=O)Cc1c(C=O)ccc(C(F)(F)F)c1C#N. The van der Waals surface area contributed by atoms with Gasteiger partial charge in [-0.25, -0.2) is 0 Å². The summed E-state index contributed by atoms with van der Waals surface area (Å²) in [6.07, 6.45) is -5.00. The van der Waals surface area contributed by atoms with Crippen molar-refractivity contribution < 1.29 is 27.5 Å². The van der Waals surface area contributed by atoms with Gasteiger partial charge < -0.3 is 4.74 Å². The van der Waals surface area contributed by atoms with Gasteiger partial charge in [-0.05, 0) is 18.6 Å². The van der Waals surface area contributed by atoms with Crippen molar-refractivity contribution in [2.24, 2.45) is 0 Å². The molecular formula is C13H10F3NO3. The van der Waals surface area contributed by atoms with Crippen molar-refractivity contribution >= 4 is 12.3 Å². The minimum absolute atomic E-state index is 0.0517. The maximum absolute atomic E-state index is 12.8. The van der Waals surface area contributed by atoms with Crippen LogP contribution < -0.4 is 0 Å². The summed E-state index contributed by atoms with van der Waals surface area (Å²) in [4.78, 5) is 22.2. The Balaban J connectivity index is 3.42. The number of nitriles is 1.